The van der Waals surface area contributed by atoms with E-state index in [0.717, 1.165) is 0 Å². The summed E-state index contributed by atoms with van der Waals surface area (Å²) in [7, 11) is 1.29. The van der Waals surface area contributed by atoms with Gasteiger partial charge < -0.3 is 14.9 Å². The van der Waals surface area contributed by atoms with E-state index in [2.05, 4.69) is 4.74 Å². The first-order chi connectivity index (χ1) is 8.11. The number of hydrogen-bond donors (Lipinski definition) is 1. The number of hydrogen-bond acceptors (Lipinski definition) is 4. The smallest absolute Gasteiger partial charge is 0.373 e. The van der Waals surface area contributed by atoms with Gasteiger partial charge in [0.15, 0.2) is 0 Å². The fourth-order valence-electron chi connectivity index (χ4n) is 1.45. The average Bonchev–Trinajstić information content (AvgIpc) is 2.77. The van der Waals surface area contributed by atoms with Crippen LogP contribution < -0.4 is 5.73 Å². The largest absolute Gasteiger partial charge is 0.463 e. The summed E-state index contributed by atoms with van der Waals surface area (Å²) in [4.78, 5) is 11.2. The number of anilines is 1. The van der Waals surface area contributed by atoms with E-state index in [0.29, 0.717) is 22.0 Å². The number of furan rings is 1. The third kappa shape index (κ3) is 2.26. The Morgan fingerprint density at radius 1 is 1.35 bits per heavy atom. The molecule has 1 aromatic carbocycles. The van der Waals surface area contributed by atoms with Crippen LogP contribution in [0.4, 0.5) is 5.69 Å². The molecule has 5 heteroatoms. The highest BCUT2D eigenvalue weighted by Crippen LogP contribution is 2.29. The Morgan fingerprint density at radius 3 is 2.76 bits per heavy atom. The zero-order valence-electron chi connectivity index (χ0n) is 9.07. The van der Waals surface area contributed by atoms with E-state index >= 15 is 0 Å². The molecule has 0 bridgehead atoms. The lowest BCUT2D eigenvalue weighted by Gasteiger charge is -2.02. The van der Waals surface area contributed by atoms with Crippen LogP contribution in [0.5, 0.6) is 0 Å². The van der Waals surface area contributed by atoms with E-state index < -0.39 is 5.97 Å². The number of benzene rings is 1. The van der Waals surface area contributed by atoms with Gasteiger partial charge in [-0.1, -0.05) is 11.6 Å². The number of esters is 1. The summed E-state index contributed by atoms with van der Waals surface area (Å²) in [6.45, 7) is 0. The topological polar surface area (TPSA) is 65.5 Å². The molecule has 0 radical (unpaired) electrons. The van der Waals surface area contributed by atoms with Gasteiger partial charge in [0, 0.05) is 16.3 Å². The second kappa shape index (κ2) is 4.51. The van der Waals surface area contributed by atoms with Crippen LogP contribution in [-0.4, -0.2) is 13.1 Å². The number of rotatable bonds is 2. The maximum Gasteiger partial charge on any atom is 0.373 e. The van der Waals surface area contributed by atoms with Gasteiger partial charge in [0.25, 0.3) is 0 Å². The van der Waals surface area contributed by atoms with Crippen molar-refractivity contribution in [2.75, 3.05) is 12.8 Å². The lowest BCUT2D eigenvalue weighted by molar-refractivity contribution is 0.0566. The van der Waals surface area contributed by atoms with Gasteiger partial charge >= 0.3 is 5.97 Å². The van der Waals surface area contributed by atoms with Gasteiger partial charge in [0.2, 0.25) is 5.76 Å². The van der Waals surface area contributed by atoms with Gasteiger partial charge in [-0.25, -0.2) is 4.79 Å². The SMILES string of the molecule is COC(=O)c1ccc(-c2ccc(Cl)cc2N)o1. The molecule has 0 aliphatic carbocycles. The number of nitrogens with two attached hydrogens (primary N) is 1. The van der Waals surface area contributed by atoms with Crippen molar-refractivity contribution >= 4 is 23.3 Å². The molecule has 0 aliphatic heterocycles. The summed E-state index contributed by atoms with van der Waals surface area (Å²) in [6.07, 6.45) is 0. The van der Waals surface area contributed by atoms with E-state index in [-0.39, 0.29) is 5.76 Å². The zero-order valence-corrected chi connectivity index (χ0v) is 9.82. The Morgan fingerprint density at radius 2 is 2.12 bits per heavy atom. The summed E-state index contributed by atoms with van der Waals surface area (Å²) in [5, 5.41) is 0.547. The third-order valence-corrected chi connectivity index (χ3v) is 2.51. The van der Waals surface area contributed by atoms with Crippen molar-refractivity contribution in [3.63, 3.8) is 0 Å². The number of nitrogen functional groups attached to an aromatic ring is 1. The number of methoxy groups -OCH3 is 1. The van der Waals surface area contributed by atoms with Gasteiger partial charge in [-0.2, -0.15) is 0 Å². The fraction of sp³-hybridized carbons (Fsp3) is 0.0833. The first kappa shape index (κ1) is 11.5. The van der Waals surface area contributed by atoms with Gasteiger partial charge in [-0.15, -0.1) is 0 Å². The summed E-state index contributed by atoms with van der Waals surface area (Å²) < 4.78 is 9.90. The van der Waals surface area contributed by atoms with Crippen LogP contribution in [0.15, 0.2) is 34.7 Å². The normalized spacial score (nSPS) is 10.2. The molecule has 0 atom stereocenters. The minimum Gasteiger partial charge on any atom is -0.463 e. The molecule has 1 heterocycles. The van der Waals surface area contributed by atoms with E-state index in [1.165, 1.54) is 13.2 Å². The second-order valence-electron chi connectivity index (χ2n) is 3.39. The minimum absolute atomic E-state index is 0.136. The predicted molar refractivity (Wildman–Crippen MR) is 64.9 cm³/mol. The first-order valence-corrected chi connectivity index (χ1v) is 5.23. The molecule has 17 heavy (non-hydrogen) atoms. The Labute approximate surface area is 103 Å². The Bertz CT molecular complexity index is 563. The maximum absolute atomic E-state index is 11.2. The van der Waals surface area contributed by atoms with E-state index in [1.807, 2.05) is 0 Å². The quantitative estimate of drug-likeness (QED) is 0.658. The first-order valence-electron chi connectivity index (χ1n) is 4.85. The molecule has 0 amide bonds. The summed E-state index contributed by atoms with van der Waals surface area (Å²) in [5.41, 5.74) is 6.98. The summed E-state index contributed by atoms with van der Waals surface area (Å²) in [5.74, 6) is 0.111. The van der Waals surface area contributed by atoms with Crippen molar-refractivity contribution in [2.45, 2.75) is 0 Å². The van der Waals surface area contributed by atoms with Crippen LogP contribution in [0, 0.1) is 0 Å². The molecule has 0 fully saturated rings. The van der Waals surface area contributed by atoms with Crippen LogP contribution in [-0.2, 0) is 4.74 Å². The van der Waals surface area contributed by atoms with Crippen LogP contribution in [0.1, 0.15) is 10.6 Å². The van der Waals surface area contributed by atoms with E-state index in [4.69, 9.17) is 21.8 Å². The summed E-state index contributed by atoms with van der Waals surface area (Å²) >= 11 is 5.80. The molecule has 2 aromatic rings. The molecule has 0 unspecified atom stereocenters. The predicted octanol–water partition coefficient (Wildman–Crippen LogP) is 2.97. The Kier molecular flexibility index (Phi) is 3.06. The standard InChI is InChI=1S/C12H10ClNO3/c1-16-12(15)11-5-4-10(17-11)8-3-2-7(13)6-9(8)14/h2-6H,14H2,1H3. The molecule has 2 rings (SSSR count). The highest BCUT2D eigenvalue weighted by atomic mass is 35.5. The molecule has 88 valence electrons. The molecule has 0 aliphatic rings. The van der Waals surface area contributed by atoms with Crippen molar-refractivity contribution in [2.24, 2.45) is 0 Å². The molecule has 0 spiro atoms. The van der Waals surface area contributed by atoms with Crippen molar-refractivity contribution in [1.82, 2.24) is 0 Å². The van der Waals surface area contributed by atoms with E-state index in [1.54, 1.807) is 24.3 Å². The van der Waals surface area contributed by atoms with Crippen LogP contribution in [0.2, 0.25) is 5.02 Å². The number of halogens is 1. The third-order valence-electron chi connectivity index (χ3n) is 2.27. The fourth-order valence-corrected chi connectivity index (χ4v) is 1.63. The van der Waals surface area contributed by atoms with Crippen LogP contribution >= 0.6 is 11.6 Å². The number of carbonyl (C=O) groups excluding carboxylic acids is 1. The van der Waals surface area contributed by atoms with Crippen molar-refractivity contribution in [3.05, 3.63) is 41.1 Å². The van der Waals surface area contributed by atoms with Gasteiger partial charge in [0.1, 0.15) is 5.76 Å². The molecule has 0 saturated carbocycles. The van der Waals surface area contributed by atoms with Gasteiger partial charge in [-0.3, -0.25) is 0 Å². The molecule has 2 N–H and O–H groups in total. The molecule has 0 saturated heterocycles. The van der Waals surface area contributed by atoms with Crippen molar-refractivity contribution < 1.29 is 13.9 Å². The van der Waals surface area contributed by atoms with Gasteiger partial charge in [0.05, 0.1) is 7.11 Å². The molecule has 4 nitrogen and oxygen atoms in total. The Hall–Kier alpha value is -1.94. The zero-order chi connectivity index (χ0) is 12.4. The van der Waals surface area contributed by atoms with Crippen molar-refractivity contribution in [3.8, 4) is 11.3 Å². The number of carbonyl (C=O) groups is 1. The molecule has 1 aromatic heterocycles. The van der Waals surface area contributed by atoms with Crippen LogP contribution in [0.25, 0.3) is 11.3 Å². The van der Waals surface area contributed by atoms with E-state index in [9.17, 15) is 4.79 Å². The van der Waals surface area contributed by atoms with Gasteiger partial charge in [-0.05, 0) is 30.3 Å². The minimum atomic E-state index is -0.524. The maximum atomic E-state index is 11.2. The average molecular weight is 252 g/mol. The molecular weight excluding hydrogens is 242 g/mol. The lowest BCUT2D eigenvalue weighted by atomic mass is 10.1. The highest BCUT2D eigenvalue weighted by molar-refractivity contribution is 6.31. The second-order valence-corrected chi connectivity index (χ2v) is 3.82. The summed E-state index contributed by atoms with van der Waals surface area (Å²) in [6, 6.07) is 8.25. The van der Waals surface area contributed by atoms with Crippen LogP contribution in [0.3, 0.4) is 0 Å². The van der Waals surface area contributed by atoms with Crippen molar-refractivity contribution in [1.29, 1.82) is 0 Å². The monoisotopic (exact) mass is 251 g/mol. The lowest BCUT2D eigenvalue weighted by Crippen LogP contribution is -1.98. The highest BCUT2D eigenvalue weighted by Gasteiger charge is 2.13. The Balaban J connectivity index is 2.40. The number of ether oxygens (including phenoxy) is 1. The molecular formula is C12H10ClNO3.